The van der Waals surface area contributed by atoms with Gasteiger partial charge in [-0.1, -0.05) is 18.2 Å². The van der Waals surface area contributed by atoms with Crippen molar-refractivity contribution >= 4 is 22.9 Å². The molecule has 0 N–H and O–H groups in total. The average molecular weight is 360 g/mol. The number of para-hydroxylation sites is 1. The van der Waals surface area contributed by atoms with Gasteiger partial charge in [-0.05, 0) is 24.3 Å². The van der Waals surface area contributed by atoms with E-state index in [4.69, 9.17) is 19.5 Å². The van der Waals surface area contributed by atoms with Gasteiger partial charge in [0.05, 0.1) is 12.5 Å². The molecule has 6 nitrogen and oxygen atoms in total. The van der Waals surface area contributed by atoms with Gasteiger partial charge in [0.1, 0.15) is 5.75 Å². The van der Waals surface area contributed by atoms with Crippen LogP contribution >= 0.6 is 0 Å². The molecule has 0 saturated heterocycles. The van der Waals surface area contributed by atoms with Crippen LogP contribution in [-0.4, -0.2) is 17.3 Å². The second-order valence-electron chi connectivity index (χ2n) is 5.97. The van der Waals surface area contributed by atoms with Crippen LogP contribution in [0.5, 0.6) is 17.2 Å². The number of hydrogen-bond acceptors (Lipinski definition) is 5. The minimum absolute atomic E-state index is 0.169. The predicted octanol–water partition coefficient (Wildman–Crippen LogP) is 3.90. The van der Waals surface area contributed by atoms with Gasteiger partial charge in [0, 0.05) is 41.4 Å². The van der Waals surface area contributed by atoms with Crippen LogP contribution in [0.25, 0.3) is 17.0 Å². The fourth-order valence-electron chi connectivity index (χ4n) is 3.01. The Kier molecular flexibility index (Phi) is 4.50. The average Bonchev–Trinajstić information content (AvgIpc) is 3.29. The molecular weight excluding hydrogens is 344 g/mol. The Morgan fingerprint density at radius 3 is 2.96 bits per heavy atom. The van der Waals surface area contributed by atoms with E-state index in [1.165, 1.54) is 6.08 Å². The van der Waals surface area contributed by atoms with E-state index in [1.807, 2.05) is 35.0 Å². The van der Waals surface area contributed by atoms with E-state index in [0.717, 1.165) is 16.5 Å². The standard InChI is InChI=1S/C21H16N2O4/c22-10-3-11-23-13-15(17-4-1-2-5-18(17)23)6-9-21(24)27-16-7-8-19-20(12-16)26-14-25-19/h1-2,4-9,12-13H,3,11,14H2/b9-6+. The molecule has 27 heavy (non-hydrogen) atoms. The second-order valence-corrected chi connectivity index (χ2v) is 5.97. The predicted molar refractivity (Wildman–Crippen MR) is 99.4 cm³/mol. The van der Waals surface area contributed by atoms with Gasteiger partial charge in [0.2, 0.25) is 6.79 Å². The summed E-state index contributed by atoms with van der Waals surface area (Å²) in [5.41, 5.74) is 1.92. The number of fused-ring (bicyclic) bond motifs is 2. The smallest absolute Gasteiger partial charge is 0.336 e. The van der Waals surface area contributed by atoms with Crippen LogP contribution in [-0.2, 0) is 11.3 Å². The number of nitrogens with zero attached hydrogens (tertiary/aromatic N) is 2. The zero-order valence-electron chi connectivity index (χ0n) is 14.4. The summed E-state index contributed by atoms with van der Waals surface area (Å²) in [6.45, 7) is 0.773. The summed E-state index contributed by atoms with van der Waals surface area (Å²) in [5.74, 6) is 1.11. The third-order valence-corrected chi connectivity index (χ3v) is 4.25. The van der Waals surface area contributed by atoms with E-state index in [2.05, 4.69) is 6.07 Å². The molecule has 1 aromatic heterocycles. The molecular formula is C21H16N2O4. The molecule has 3 aromatic rings. The van der Waals surface area contributed by atoms with E-state index < -0.39 is 5.97 Å². The Morgan fingerprint density at radius 2 is 2.07 bits per heavy atom. The molecule has 2 aromatic carbocycles. The SMILES string of the molecule is N#CCCn1cc(/C=C/C(=O)Oc2ccc3c(c2)OCO3)c2ccccc21. The van der Waals surface area contributed by atoms with Gasteiger partial charge in [-0.25, -0.2) is 4.79 Å². The van der Waals surface area contributed by atoms with E-state index in [0.29, 0.717) is 30.2 Å². The van der Waals surface area contributed by atoms with Crippen molar-refractivity contribution in [3.63, 3.8) is 0 Å². The molecule has 0 radical (unpaired) electrons. The summed E-state index contributed by atoms with van der Waals surface area (Å²) >= 11 is 0. The Morgan fingerprint density at radius 1 is 1.22 bits per heavy atom. The first kappa shape index (κ1) is 16.7. The van der Waals surface area contributed by atoms with Crippen molar-refractivity contribution in [2.45, 2.75) is 13.0 Å². The largest absolute Gasteiger partial charge is 0.454 e. The summed E-state index contributed by atoms with van der Waals surface area (Å²) in [6, 6.07) is 15.0. The molecule has 6 heteroatoms. The van der Waals surface area contributed by atoms with Crippen LogP contribution < -0.4 is 14.2 Å². The van der Waals surface area contributed by atoms with Gasteiger partial charge in [0.25, 0.3) is 0 Å². The van der Waals surface area contributed by atoms with Crippen molar-refractivity contribution in [2.24, 2.45) is 0 Å². The van der Waals surface area contributed by atoms with Gasteiger partial charge >= 0.3 is 5.97 Å². The molecule has 1 aliphatic heterocycles. The van der Waals surface area contributed by atoms with Crippen LogP contribution in [0.1, 0.15) is 12.0 Å². The number of aryl methyl sites for hydroxylation is 1. The Bertz CT molecular complexity index is 1080. The molecule has 0 fully saturated rings. The monoisotopic (exact) mass is 360 g/mol. The maximum absolute atomic E-state index is 12.2. The summed E-state index contributed by atoms with van der Waals surface area (Å²) in [7, 11) is 0. The number of aromatic nitrogens is 1. The van der Waals surface area contributed by atoms with Crippen molar-refractivity contribution in [3.8, 4) is 23.3 Å². The highest BCUT2D eigenvalue weighted by molar-refractivity contribution is 5.95. The first-order valence-corrected chi connectivity index (χ1v) is 8.49. The third-order valence-electron chi connectivity index (χ3n) is 4.25. The number of nitriles is 1. The van der Waals surface area contributed by atoms with E-state index in [9.17, 15) is 4.79 Å². The first-order valence-electron chi connectivity index (χ1n) is 8.49. The molecule has 2 heterocycles. The molecule has 1 aliphatic rings. The Labute approximate surface area is 155 Å². The first-order chi connectivity index (χ1) is 13.2. The number of esters is 1. The van der Waals surface area contributed by atoms with Crippen LogP contribution in [0, 0.1) is 11.3 Å². The minimum atomic E-state index is -0.484. The van der Waals surface area contributed by atoms with Crippen LogP contribution in [0.4, 0.5) is 0 Å². The number of benzene rings is 2. The van der Waals surface area contributed by atoms with Gasteiger partial charge in [-0.2, -0.15) is 5.26 Å². The third kappa shape index (κ3) is 3.48. The Balaban J connectivity index is 1.52. The van der Waals surface area contributed by atoms with Crippen molar-refractivity contribution in [2.75, 3.05) is 6.79 Å². The number of rotatable bonds is 5. The zero-order valence-corrected chi connectivity index (χ0v) is 14.4. The van der Waals surface area contributed by atoms with Gasteiger partial charge in [0.15, 0.2) is 11.5 Å². The van der Waals surface area contributed by atoms with Crippen molar-refractivity contribution in [1.29, 1.82) is 5.26 Å². The highest BCUT2D eigenvalue weighted by Gasteiger charge is 2.14. The molecule has 0 amide bonds. The molecule has 134 valence electrons. The van der Waals surface area contributed by atoms with E-state index in [1.54, 1.807) is 24.3 Å². The maximum Gasteiger partial charge on any atom is 0.336 e. The Hall–Kier alpha value is -3.72. The lowest BCUT2D eigenvalue weighted by molar-refractivity contribution is -0.128. The quantitative estimate of drug-likeness (QED) is 0.392. The van der Waals surface area contributed by atoms with Crippen LogP contribution in [0.3, 0.4) is 0 Å². The van der Waals surface area contributed by atoms with Crippen molar-refractivity contribution in [3.05, 3.63) is 60.3 Å². The lowest BCUT2D eigenvalue weighted by Crippen LogP contribution is -2.03. The van der Waals surface area contributed by atoms with Gasteiger partial charge < -0.3 is 18.8 Å². The fraction of sp³-hybridized carbons (Fsp3) is 0.143. The summed E-state index contributed by atoms with van der Waals surface area (Å²) in [5, 5.41) is 9.84. The normalized spacial score (nSPS) is 12.4. The lowest BCUT2D eigenvalue weighted by atomic mass is 10.1. The van der Waals surface area contributed by atoms with E-state index >= 15 is 0 Å². The van der Waals surface area contributed by atoms with Crippen molar-refractivity contribution < 1.29 is 19.0 Å². The molecule has 4 rings (SSSR count). The topological polar surface area (TPSA) is 73.5 Å². The number of hydrogen-bond donors (Lipinski definition) is 0. The molecule has 0 spiro atoms. The molecule has 0 unspecified atom stereocenters. The number of carbonyl (C=O) groups excluding carboxylic acids is 1. The molecule has 0 atom stereocenters. The lowest BCUT2D eigenvalue weighted by Gasteiger charge is -2.02. The number of ether oxygens (including phenoxy) is 3. The second kappa shape index (κ2) is 7.26. The fourth-order valence-corrected chi connectivity index (χ4v) is 3.01. The summed E-state index contributed by atoms with van der Waals surface area (Å²) in [6.07, 6.45) is 5.47. The minimum Gasteiger partial charge on any atom is -0.454 e. The number of carbonyl (C=O) groups is 1. The summed E-state index contributed by atoms with van der Waals surface area (Å²) < 4.78 is 17.9. The maximum atomic E-state index is 12.2. The van der Waals surface area contributed by atoms with Crippen LogP contribution in [0.2, 0.25) is 0 Å². The molecule has 0 bridgehead atoms. The van der Waals surface area contributed by atoms with E-state index in [-0.39, 0.29) is 6.79 Å². The summed E-state index contributed by atoms with van der Waals surface area (Å²) in [4.78, 5) is 12.2. The van der Waals surface area contributed by atoms with Crippen LogP contribution in [0.15, 0.2) is 54.7 Å². The van der Waals surface area contributed by atoms with Gasteiger partial charge in [-0.15, -0.1) is 0 Å². The van der Waals surface area contributed by atoms with Gasteiger partial charge in [-0.3, -0.25) is 0 Å². The highest BCUT2D eigenvalue weighted by atomic mass is 16.7. The molecule has 0 aliphatic carbocycles. The highest BCUT2D eigenvalue weighted by Crippen LogP contribution is 2.35. The molecule has 0 saturated carbocycles. The zero-order chi connectivity index (χ0) is 18.6. The van der Waals surface area contributed by atoms with Crippen molar-refractivity contribution in [1.82, 2.24) is 4.57 Å².